The summed E-state index contributed by atoms with van der Waals surface area (Å²) in [6.07, 6.45) is 4.96. The molecule has 0 amide bonds. The number of benzene rings is 10. The fourth-order valence-corrected chi connectivity index (χ4v) is 12.0. The van der Waals surface area contributed by atoms with Crippen molar-refractivity contribution in [3.8, 4) is 55.6 Å². The molecule has 350 valence electrons. The lowest BCUT2D eigenvalue weighted by molar-refractivity contribution is 0.660. The SMILES string of the molecule is CCCc1cc2ccccc2c2ccccc12.Cc1ccc2c(c1)C(C)(C)c1cc(-c3cccc(-c4ccccc4C)c3C3CC3)ccc1-2.Cc1ccc2c(c1)C(C)(C)c1cc(-c3ccccc3)ccc1-2. The highest BCUT2D eigenvalue weighted by Crippen LogP contribution is 2.53. The zero-order valence-electron chi connectivity index (χ0n) is 43.0. The molecule has 0 bridgehead atoms. The highest BCUT2D eigenvalue weighted by Gasteiger charge is 2.37. The molecule has 0 radical (unpaired) electrons. The number of hydrogen-bond acceptors (Lipinski definition) is 0. The van der Waals surface area contributed by atoms with E-state index >= 15 is 0 Å². The molecular formula is C71H66. The Morgan fingerprint density at radius 2 is 0.873 bits per heavy atom. The molecule has 10 aromatic rings. The van der Waals surface area contributed by atoms with Gasteiger partial charge in [-0.25, -0.2) is 0 Å². The molecule has 0 N–H and O–H groups in total. The van der Waals surface area contributed by atoms with Gasteiger partial charge in [0, 0.05) is 10.8 Å². The molecule has 3 aliphatic rings. The molecule has 0 nitrogen and oxygen atoms in total. The maximum Gasteiger partial charge on any atom is 0.0159 e. The first kappa shape index (κ1) is 46.1. The van der Waals surface area contributed by atoms with Crippen LogP contribution in [0.3, 0.4) is 0 Å². The lowest BCUT2D eigenvalue weighted by Crippen LogP contribution is -2.15. The Kier molecular flexibility index (Phi) is 12.0. The van der Waals surface area contributed by atoms with Crippen LogP contribution >= 0.6 is 0 Å². The number of hydrogen-bond donors (Lipinski definition) is 0. The first-order chi connectivity index (χ1) is 34.4. The minimum atomic E-state index is 0.0278. The molecule has 0 heteroatoms. The number of fused-ring (bicyclic) bond motifs is 9. The largest absolute Gasteiger partial charge is 0.0651 e. The topological polar surface area (TPSA) is 0 Å². The Hall–Kier alpha value is -7.28. The molecule has 0 atom stereocenters. The highest BCUT2D eigenvalue weighted by molar-refractivity contribution is 6.09. The third-order valence-corrected chi connectivity index (χ3v) is 16.0. The molecule has 10 aromatic carbocycles. The van der Waals surface area contributed by atoms with Gasteiger partial charge in [-0.2, -0.15) is 0 Å². The van der Waals surface area contributed by atoms with Crippen molar-refractivity contribution < 1.29 is 0 Å². The fourth-order valence-electron chi connectivity index (χ4n) is 12.0. The van der Waals surface area contributed by atoms with Crippen LogP contribution in [0.5, 0.6) is 0 Å². The first-order valence-electron chi connectivity index (χ1n) is 26.1. The van der Waals surface area contributed by atoms with E-state index in [1.54, 1.807) is 5.56 Å². The van der Waals surface area contributed by atoms with Gasteiger partial charge in [0.2, 0.25) is 0 Å². The van der Waals surface area contributed by atoms with E-state index < -0.39 is 0 Å². The summed E-state index contributed by atoms with van der Waals surface area (Å²) in [4.78, 5) is 0. The number of aryl methyl sites for hydroxylation is 4. The van der Waals surface area contributed by atoms with Gasteiger partial charge in [-0.1, -0.05) is 240 Å². The van der Waals surface area contributed by atoms with Gasteiger partial charge in [-0.15, -0.1) is 0 Å². The van der Waals surface area contributed by atoms with Crippen LogP contribution in [-0.2, 0) is 17.3 Å². The lowest BCUT2D eigenvalue weighted by atomic mass is 9.80. The Labute approximate surface area is 423 Å². The third kappa shape index (κ3) is 8.42. The van der Waals surface area contributed by atoms with Gasteiger partial charge in [0.1, 0.15) is 0 Å². The molecule has 0 heterocycles. The van der Waals surface area contributed by atoms with Gasteiger partial charge in [-0.3, -0.25) is 0 Å². The molecule has 13 rings (SSSR count). The van der Waals surface area contributed by atoms with Crippen LogP contribution in [0.15, 0.2) is 200 Å². The maximum atomic E-state index is 2.48. The summed E-state index contributed by atoms with van der Waals surface area (Å²) in [5.41, 5.74) is 26.7. The van der Waals surface area contributed by atoms with Crippen LogP contribution in [-0.4, -0.2) is 0 Å². The molecule has 0 saturated heterocycles. The van der Waals surface area contributed by atoms with Crippen LogP contribution in [0.1, 0.15) is 110 Å². The van der Waals surface area contributed by atoms with Crippen molar-refractivity contribution in [3.63, 3.8) is 0 Å². The van der Waals surface area contributed by atoms with Gasteiger partial charge in [-0.05, 0) is 174 Å². The maximum absolute atomic E-state index is 2.48. The smallest absolute Gasteiger partial charge is 0.0159 e. The van der Waals surface area contributed by atoms with Crippen LogP contribution in [0.25, 0.3) is 77.2 Å². The zero-order valence-corrected chi connectivity index (χ0v) is 43.0. The van der Waals surface area contributed by atoms with Gasteiger partial charge in [0.05, 0.1) is 0 Å². The van der Waals surface area contributed by atoms with E-state index in [0.717, 1.165) is 6.42 Å². The molecule has 1 fully saturated rings. The van der Waals surface area contributed by atoms with Crippen LogP contribution in [0.2, 0.25) is 0 Å². The Bertz CT molecular complexity index is 3630. The third-order valence-electron chi connectivity index (χ3n) is 16.0. The summed E-state index contributed by atoms with van der Waals surface area (Å²) in [5.74, 6) is 0.682. The molecular weight excluding hydrogens is 853 g/mol. The normalized spacial score (nSPS) is 14.4. The minimum Gasteiger partial charge on any atom is -0.0651 e. The Morgan fingerprint density at radius 3 is 1.49 bits per heavy atom. The van der Waals surface area contributed by atoms with Crippen molar-refractivity contribution >= 4 is 21.5 Å². The monoisotopic (exact) mass is 919 g/mol. The van der Waals surface area contributed by atoms with E-state index in [0.29, 0.717) is 5.92 Å². The van der Waals surface area contributed by atoms with E-state index in [1.165, 1.54) is 141 Å². The van der Waals surface area contributed by atoms with Crippen LogP contribution in [0.4, 0.5) is 0 Å². The van der Waals surface area contributed by atoms with Crippen LogP contribution in [0, 0.1) is 20.8 Å². The standard InChI is InChI=1S/C32H30.C22H20.C17H16/c1-20-12-16-26-27-17-15-23(19-30(27)32(3,4)29(26)18-20)25-10-7-11-28(31(25)22-13-14-22)24-9-6-5-8-21(24)2;1-15-9-11-18-19-12-10-17(16-7-5-4-6-8-16)14-21(19)22(2,3)20(18)13-15;1-2-7-13-12-14-8-3-4-9-16(14)17-11-6-5-10-15(13)17/h5-12,15-19,22H,13-14H2,1-4H3;4-14H,1-3H3;3-6,8-12H,2,7H2,1H3. The van der Waals surface area contributed by atoms with Gasteiger partial charge in [0.25, 0.3) is 0 Å². The van der Waals surface area contributed by atoms with E-state index in [2.05, 4.69) is 256 Å². The van der Waals surface area contributed by atoms with E-state index in [1.807, 2.05) is 0 Å². The second-order valence-electron chi connectivity index (χ2n) is 21.6. The first-order valence-corrected chi connectivity index (χ1v) is 26.1. The molecule has 0 aromatic heterocycles. The summed E-state index contributed by atoms with van der Waals surface area (Å²) in [7, 11) is 0. The lowest BCUT2D eigenvalue weighted by Gasteiger charge is -2.23. The zero-order chi connectivity index (χ0) is 49.0. The summed E-state index contributed by atoms with van der Waals surface area (Å²) in [5, 5.41) is 5.51. The van der Waals surface area contributed by atoms with Crippen molar-refractivity contribution in [1.29, 1.82) is 0 Å². The average molecular weight is 919 g/mol. The Morgan fingerprint density at radius 1 is 0.380 bits per heavy atom. The second-order valence-corrected chi connectivity index (χ2v) is 21.6. The van der Waals surface area contributed by atoms with Crippen molar-refractivity contribution in [2.75, 3.05) is 0 Å². The Balaban J connectivity index is 0.000000122. The van der Waals surface area contributed by atoms with Crippen molar-refractivity contribution in [2.45, 2.75) is 97.8 Å². The molecule has 0 spiro atoms. The van der Waals surface area contributed by atoms with E-state index in [4.69, 9.17) is 0 Å². The minimum absolute atomic E-state index is 0.0278. The summed E-state index contributed by atoms with van der Waals surface area (Å²) in [6.45, 7) is 18.3. The summed E-state index contributed by atoms with van der Waals surface area (Å²) < 4.78 is 0. The number of rotatable bonds is 6. The quantitative estimate of drug-likeness (QED) is 0.146. The second kappa shape index (κ2) is 18.5. The predicted molar refractivity (Wildman–Crippen MR) is 306 cm³/mol. The molecule has 71 heavy (non-hydrogen) atoms. The molecule has 0 unspecified atom stereocenters. The van der Waals surface area contributed by atoms with Crippen molar-refractivity contribution in [1.82, 2.24) is 0 Å². The van der Waals surface area contributed by atoms with Crippen molar-refractivity contribution in [2.24, 2.45) is 0 Å². The van der Waals surface area contributed by atoms with E-state index in [-0.39, 0.29) is 10.8 Å². The molecule has 1 saturated carbocycles. The average Bonchev–Trinajstić information content (AvgIpc) is 4.18. The van der Waals surface area contributed by atoms with Gasteiger partial charge in [0.15, 0.2) is 0 Å². The summed E-state index contributed by atoms with van der Waals surface area (Å²) in [6, 6.07) is 74.0. The molecule has 3 aliphatic carbocycles. The van der Waals surface area contributed by atoms with Crippen LogP contribution < -0.4 is 0 Å². The predicted octanol–water partition coefficient (Wildman–Crippen LogP) is 19.7. The van der Waals surface area contributed by atoms with E-state index in [9.17, 15) is 0 Å². The summed E-state index contributed by atoms with van der Waals surface area (Å²) >= 11 is 0. The molecule has 0 aliphatic heterocycles. The van der Waals surface area contributed by atoms with Gasteiger partial charge >= 0.3 is 0 Å². The van der Waals surface area contributed by atoms with Gasteiger partial charge < -0.3 is 0 Å². The highest BCUT2D eigenvalue weighted by atomic mass is 14.4. The fraction of sp³-hybridized carbons (Fsp3) is 0.211. The van der Waals surface area contributed by atoms with Crippen molar-refractivity contribution in [3.05, 3.63) is 250 Å².